The molecule has 1 atom stereocenters. The Balaban J connectivity index is 2.03. The minimum atomic E-state index is 0.0383. The maximum atomic E-state index is 12.1. The van der Waals surface area contributed by atoms with Gasteiger partial charge < -0.3 is 15.8 Å². The summed E-state index contributed by atoms with van der Waals surface area (Å²) in [6.07, 6.45) is 0.925. The number of benzene rings is 1. The highest BCUT2D eigenvalue weighted by molar-refractivity contribution is 7.80. The molecule has 1 unspecified atom stereocenters. The van der Waals surface area contributed by atoms with Crippen LogP contribution in [0.3, 0.4) is 0 Å². The predicted molar refractivity (Wildman–Crippen MR) is 79.2 cm³/mol. The molecule has 0 heterocycles. The van der Waals surface area contributed by atoms with Gasteiger partial charge in [-0.05, 0) is 24.0 Å². The van der Waals surface area contributed by atoms with E-state index in [1.165, 1.54) is 0 Å². The number of rotatable bonds is 5. The van der Waals surface area contributed by atoms with E-state index in [0.29, 0.717) is 11.4 Å². The van der Waals surface area contributed by atoms with Gasteiger partial charge in [0.2, 0.25) is 5.91 Å². The molecule has 1 aliphatic carbocycles. The smallest absolute Gasteiger partial charge is 0.228 e. The number of hydrogen-bond donors (Lipinski definition) is 2. The Morgan fingerprint density at radius 3 is 2.74 bits per heavy atom. The summed E-state index contributed by atoms with van der Waals surface area (Å²) >= 11 is 4.77. The second kappa shape index (κ2) is 5.17. The molecule has 1 amide bonds. The van der Waals surface area contributed by atoms with Gasteiger partial charge in [-0.3, -0.25) is 4.79 Å². The number of amides is 1. The first-order valence-electron chi connectivity index (χ1n) is 6.21. The molecule has 2 rings (SSSR count). The van der Waals surface area contributed by atoms with Gasteiger partial charge in [0.05, 0.1) is 5.69 Å². The molecule has 1 fully saturated rings. The second-order valence-electron chi connectivity index (χ2n) is 5.49. The number of carbonyl (C=O) groups excluding carboxylic acids is 1. The van der Waals surface area contributed by atoms with E-state index in [9.17, 15) is 4.79 Å². The quantitative estimate of drug-likeness (QED) is 0.811. The number of nitrogens with two attached hydrogens (primary N) is 1. The van der Waals surface area contributed by atoms with E-state index in [1.807, 2.05) is 18.2 Å². The standard InChI is InChI=1S/C14H18N2O2S/c1-14(2)7-9(14)13(17)16-10-5-3-4-6-11(10)18-8-12(15)19/h3-6,9H,7-8H2,1-2H3,(H2,15,19)(H,16,17). The largest absolute Gasteiger partial charge is 0.484 e. The summed E-state index contributed by atoms with van der Waals surface area (Å²) in [5.74, 6) is 0.703. The molecule has 4 nitrogen and oxygen atoms in total. The van der Waals surface area contributed by atoms with E-state index >= 15 is 0 Å². The van der Waals surface area contributed by atoms with E-state index in [2.05, 4.69) is 19.2 Å². The molecule has 0 saturated heterocycles. The Labute approximate surface area is 118 Å². The zero-order valence-electron chi connectivity index (χ0n) is 11.1. The van der Waals surface area contributed by atoms with Crippen molar-refractivity contribution in [3.05, 3.63) is 24.3 Å². The third kappa shape index (κ3) is 3.44. The molecule has 0 aromatic heterocycles. The topological polar surface area (TPSA) is 64.3 Å². The van der Waals surface area contributed by atoms with Crippen molar-refractivity contribution < 1.29 is 9.53 Å². The maximum Gasteiger partial charge on any atom is 0.228 e. The number of hydrogen-bond acceptors (Lipinski definition) is 3. The lowest BCUT2D eigenvalue weighted by atomic mass is 10.1. The molecule has 1 aromatic carbocycles. The molecule has 1 aromatic rings. The summed E-state index contributed by atoms with van der Waals surface area (Å²) in [6, 6.07) is 7.28. The minimum absolute atomic E-state index is 0.0383. The molecule has 1 aliphatic rings. The summed E-state index contributed by atoms with van der Waals surface area (Å²) in [6.45, 7) is 4.34. The van der Waals surface area contributed by atoms with Crippen molar-refractivity contribution in [3.63, 3.8) is 0 Å². The Hall–Kier alpha value is -1.62. The van der Waals surface area contributed by atoms with E-state index < -0.39 is 0 Å². The number of carbonyl (C=O) groups is 1. The molecule has 5 heteroatoms. The highest BCUT2D eigenvalue weighted by Crippen LogP contribution is 2.52. The summed E-state index contributed by atoms with van der Waals surface area (Å²) in [5, 5.41) is 2.90. The van der Waals surface area contributed by atoms with Crippen LogP contribution in [0, 0.1) is 11.3 Å². The molecular weight excluding hydrogens is 260 g/mol. The average Bonchev–Trinajstić information content (AvgIpc) is 2.97. The summed E-state index contributed by atoms with van der Waals surface area (Å²) in [7, 11) is 0. The fourth-order valence-electron chi connectivity index (χ4n) is 1.98. The molecule has 3 N–H and O–H groups in total. The van der Waals surface area contributed by atoms with Crippen molar-refractivity contribution >= 4 is 28.8 Å². The zero-order valence-corrected chi connectivity index (χ0v) is 11.9. The first-order valence-corrected chi connectivity index (χ1v) is 6.62. The molecule has 1 saturated carbocycles. The first-order chi connectivity index (χ1) is 8.90. The monoisotopic (exact) mass is 278 g/mol. The average molecular weight is 278 g/mol. The normalized spacial score (nSPS) is 19.6. The van der Waals surface area contributed by atoms with Crippen molar-refractivity contribution in [2.45, 2.75) is 20.3 Å². The third-order valence-corrected chi connectivity index (χ3v) is 3.46. The lowest BCUT2D eigenvalue weighted by Crippen LogP contribution is -2.20. The van der Waals surface area contributed by atoms with Crippen LogP contribution in [0.15, 0.2) is 24.3 Å². The molecule has 0 bridgehead atoms. The molecule has 0 spiro atoms. The van der Waals surface area contributed by atoms with Crippen LogP contribution >= 0.6 is 12.2 Å². The Bertz CT molecular complexity index is 514. The van der Waals surface area contributed by atoms with Gasteiger partial charge in [0.1, 0.15) is 17.3 Å². The molecule has 19 heavy (non-hydrogen) atoms. The number of anilines is 1. The van der Waals surface area contributed by atoms with Crippen molar-refractivity contribution in [2.24, 2.45) is 17.1 Å². The lowest BCUT2D eigenvalue weighted by Gasteiger charge is -2.12. The fraction of sp³-hybridized carbons (Fsp3) is 0.429. The van der Waals surface area contributed by atoms with Gasteiger partial charge in [-0.1, -0.05) is 38.2 Å². The number of ether oxygens (including phenoxy) is 1. The van der Waals surface area contributed by atoms with Crippen LogP contribution < -0.4 is 15.8 Å². The van der Waals surface area contributed by atoms with E-state index in [0.717, 1.165) is 6.42 Å². The van der Waals surface area contributed by atoms with Crippen molar-refractivity contribution in [1.82, 2.24) is 0 Å². The first kappa shape index (κ1) is 13.8. The van der Waals surface area contributed by atoms with E-state index in [-0.39, 0.29) is 28.8 Å². The molecule has 0 radical (unpaired) electrons. The van der Waals surface area contributed by atoms with Gasteiger partial charge in [0, 0.05) is 5.92 Å². The van der Waals surface area contributed by atoms with Gasteiger partial charge in [-0.25, -0.2) is 0 Å². The van der Waals surface area contributed by atoms with Crippen LogP contribution in [-0.2, 0) is 4.79 Å². The summed E-state index contributed by atoms with van der Waals surface area (Å²) in [5.41, 5.74) is 6.17. The number of thiocarbonyl (C=S) groups is 1. The SMILES string of the molecule is CC1(C)CC1C(=O)Nc1ccccc1OCC(N)=S. The van der Waals surface area contributed by atoms with Crippen LogP contribution in [0.4, 0.5) is 5.69 Å². The van der Waals surface area contributed by atoms with E-state index in [4.69, 9.17) is 22.7 Å². The molecule has 0 aliphatic heterocycles. The summed E-state index contributed by atoms with van der Waals surface area (Å²) in [4.78, 5) is 12.3. The van der Waals surface area contributed by atoms with Gasteiger partial charge in [0.15, 0.2) is 0 Å². The van der Waals surface area contributed by atoms with Crippen molar-refractivity contribution in [2.75, 3.05) is 11.9 Å². The van der Waals surface area contributed by atoms with Crippen molar-refractivity contribution in [1.29, 1.82) is 0 Å². The molecule has 102 valence electrons. The zero-order chi connectivity index (χ0) is 14.0. The van der Waals surface area contributed by atoms with Gasteiger partial charge >= 0.3 is 0 Å². The second-order valence-corrected chi connectivity index (χ2v) is 6.01. The minimum Gasteiger partial charge on any atom is -0.484 e. The molecular formula is C14H18N2O2S. The van der Waals surface area contributed by atoms with Gasteiger partial charge in [-0.15, -0.1) is 0 Å². The van der Waals surface area contributed by atoms with Gasteiger partial charge in [0.25, 0.3) is 0 Å². The van der Waals surface area contributed by atoms with Crippen molar-refractivity contribution in [3.8, 4) is 5.75 Å². The fourth-order valence-corrected chi connectivity index (χ4v) is 2.04. The highest BCUT2D eigenvalue weighted by Gasteiger charge is 2.50. The Kier molecular flexibility index (Phi) is 3.75. The van der Waals surface area contributed by atoms with Crippen LogP contribution in [0.1, 0.15) is 20.3 Å². The predicted octanol–water partition coefficient (Wildman–Crippen LogP) is 2.34. The number of para-hydroxylation sites is 2. The third-order valence-electron chi connectivity index (χ3n) is 3.34. The Morgan fingerprint density at radius 2 is 2.16 bits per heavy atom. The van der Waals surface area contributed by atoms with Crippen LogP contribution in [0.5, 0.6) is 5.75 Å². The Morgan fingerprint density at radius 1 is 1.53 bits per heavy atom. The van der Waals surface area contributed by atoms with Crippen LogP contribution in [0.25, 0.3) is 0 Å². The highest BCUT2D eigenvalue weighted by atomic mass is 32.1. The van der Waals surface area contributed by atoms with Gasteiger partial charge in [-0.2, -0.15) is 0 Å². The van der Waals surface area contributed by atoms with Crippen LogP contribution in [-0.4, -0.2) is 17.5 Å². The maximum absolute atomic E-state index is 12.1. The van der Waals surface area contributed by atoms with E-state index in [1.54, 1.807) is 6.07 Å². The lowest BCUT2D eigenvalue weighted by molar-refractivity contribution is -0.118. The van der Waals surface area contributed by atoms with Crippen LogP contribution in [0.2, 0.25) is 0 Å². The summed E-state index contributed by atoms with van der Waals surface area (Å²) < 4.78 is 5.47. The number of nitrogens with one attached hydrogen (secondary N) is 1.